The van der Waals surface area contributed by atoms with Gasteiger partial charge in [0.1, 0.15) is 5.82 Å². The Morgan fingerprint density at radius 2 is 2.12 bits per heavy atom. The van der Waals surface area contributed by atoms with Crippen LogP contribution in [0.4, 0.5) is 4.39 Å². The number of hydrogen-bond donors (Lipinski definition) is 0. The lowest BCUT2D eigenvalue weighted by atomic mass is 10.1. The molecule has 0 atom stereocenters. The molecule has 0 aromatic heterocycles. The lowest BCUT2D eigenvalue weighted by Crippen LogP contribution is -2.35. The standard InChI is InChI=1S/C13H14FNO/c1-10-5-4-8-15(9-10)13(16)11-6-2-3-7-12(11)14/h2-3,5-7H,4,8-9H2,1H3. The Kier molecular flexibility index (Phi) is 3.04. The third-order valence-corrected chi connectivity index (χ3v) is 2.72. The van der Waals surface area contributed by atoms with E-state index < -0.39 is 5.82 Å². The Morgan fingerprint density at radius 3 is 2.81 bits per heavy atom. The van der Waals surface area contributed by atoms with E-state index in [1.807, 2.05) is 6.92 Å². The van der Waals surface area contributed by atoms with Gasteiger partial charge < -0.3 is 4.90 Å². The first-order valence-electron chi connectivity index (χ1n) is 5.38. The van der Waals surface area contributed by atoms with Crippen molar-refractivity contribution in [2.45, 2.75) is 13.3 Å². The van der Waals surface area contributed by atoms with Crippen LogP contribution in [0.3, 0.4) is 0 Å². The molecule has 2 rings (SSSR count). The summed E-state index contributed by atoms with van der Waals surface area (Å²) in [4.78, 5) is 13.7. The fourth-order valence-electron chi connectivity index (χ4n) is 1.89. The number of rotatable bonds is 1. The summed E-state index contributed by atoms with van der Waals surface area (Å²) < 4.78 is 13.4. The average Bonchev–Trinajstić information content (AvgIpc) is 2.29. The monoisotopic (exact) mass is 219 g/mol. The molecule has 1 aromatic rings. The summed E-state index contributed by atoms with van der Waals surface area (Å²) in [6.45, 7) is 3.26. The predicted molar refractivity (Wildman–Crippen MR) is 60.7 cm³/mol. The highest BCUT2D eigenvalue weighted by molar-refractivity contribution is 5.94. The molecule has 0 aliphatic carbocycles. The van der Waals surface area contributed by atoms with E-state index in [0.29, 0.717) is 13.1 Å². The molecule has 84 valence electrons. The SMILES string of the molecule is CC1=CCCN(C(=O)c2ccccc2F)C1. The number of carbonyl (C=O) groups is 1. The van der Waals surface area contributed by atoms with Gasteiger partial charge in [0.05, 0.1) is 5.56 Å². The van der Waals surface area contributed by atoms with Crippen LogP contribution < -0.4 is 0 Å². The molecular weight excluding hydrogens is 205 g/mol. The van der Waals surface area contributed by atoms with Crippen molar-refractivity contribution >= 4 is 5.91 Å². The first-order valence-corrected chi connectivity index (χ1v) is 5.38. The van der Waals surface area contributed by atoms with Gasteiger partial charge >= 0.3 is 0 Å². The van der Waals surface area contributed by atoms with E-state index in [1.54, 1.807) is 17.0 Å². The average molecular weight is 219 g/mol. The molecular formula is C13H14FNO. The van der Waals surface area contributed by atoms with E-state index in [0.717, 1.165) is 12.0 Å². The zero-order valence-corrected chi connectivity index (χ0v) is 9.24. The van der Waals surface area contributed by atoms with Crippen molar-refractivity contribution in [3.63, 3.8) is 0 Å². The summed E-state index contributed by atoms with van der Waals surface area (Å²) in [5.74, 6) is -0.662. The van der Waals surface area contributed by atoms with Gasteiger partial charge in [0.15, 0.2) is 0 Å². The second kappa shape index (κ2) is 4.47. The van der Waals surface area contributed by atoms with Crippen molar-refractivity contribution in [1.82, 2.24) is 4.90 Å². The molecule has 0 saturated carbocycles. The van der Waals surface area contributed by atoms with Crippen molar-refractivity contribution in [1.29, 1.82) is 0 Å². The maximum Gasteiger partial charge on any atom is 0.257 e. The minimum atomic E-state index is -0.445. The summed E-state index contributed by atoms with van der Waals surface area (Å²) in [6.07, 6.45) is 2.97. The van der Waals surface area contributed by atoms with E-state index in [4.69, 9.17) is 0 Å². The lowest BCUT2D eigenvalue weighted by molar-refractivity contribution is 0.0761. The Morgan fingerprint density at radius 1 is 1.38 bits per heavy atom. The molecule has 1 aliphatic rings. The van der Waals surface area contributed by atoms with Crippen LogP contribution in [-0.2, 0) is 0 Å². The topological polar surface area (TPSA) is 20.3 Å². The first kappa shape index (κ1) is 10.9. The number of amides is 1. The molecule has 1 amide bonds. The normalized spacial score (nSPS) is 15.9. The molecule has 0 radical (unpaired) electrons. The molecule has 0 saturated heterocycles. The molecule has 0 unspecified atom stereocenters. The molecule has 1 heterocycles. The fourth-order valence-corrected chi connectivity index (χ4v) is 1.89. The van der Waals surface area contributed by atoms with E-state index in [-0.39, 0.29) is 11.5 Å². The Balaban J connectivity index is 2.20. The molecule has 2 nitrogen and oxygen atoms in total. The summed E-state index contributed by atoms with van der Waals surface area (Å²) in [5, 5.41) is 0. The minimum Gasteiger partial charge on any atom is -0.334 e. The van der Waals surface area contributed by atoms with Crippen LogP contribution in [0.2, 0.25) is 0 Å². The van der Waals surface area contributed by atoms with Crippen LogP contribution in [0.15, 0.2) is 35.9 Å². The van der Waals surface area contributed by atoms with Crippen molar-refractivity contribution in [3.8, 4) is 0 Å². The largest absolute Gasteiger partial charge is 0.334 e. The first-order chi connectivity index (χ1) is 7.68. The molecule has 3 heteroatoms. The van der Waals surface area contributed by atoms with Crippen LogP contribution in [0.1, 0.15) is 23.7 Å². The Bertz CT molecular complexity index is 439. The molecule has 0 N–H and O–H groups in total. The van der Waals surface area contributed by atoms with E-state index >= 15 is 0 Å². The van der Waals surface area contributed by atoms with Crippen LogP contribution in [-0.4, -0.2) is 23.9 Å². The van der Waals surface area contributed by atoms with Crippen LogP contribution in [0.5, 0.6) is 0 Å². The third kappa shape index (κ3) is 2.13. The number of hydrogen-bond acceptors (Lipinski definition) is 1. The van der Waals surface area contributed by atoms with Crippen molar-refractivity contribution in [2.24, 2.45) is 0 Å². The zero-order valence-electron chi connectivity index (χ0n) is 9.24. The smallest absolute Gasteiger partial charge is 0.257 e. The minimum absolute atomic E-state index is 0.164. The van der Waals surface area contributed by atoms with Crippen molar-refractivity contribution in [2.75, 3.05) is 13.1 Å². The Labute approximate surface area is 94.4 Å². The second-order valence-electron chi connectivity index (χ2n) is 4.05. The highest BCUT2D eigenvalue weighted by atomic mass is 19.1. The van der Waals surface area contributed by atoms with Gasteiger partial charge in [0, 0.05) is 13.1 Å². The quantitative estimate of drug-likeness (QED) is 0.665. The molecule has 0 fully saturated rings. The molecule has 0 spiro atoms. The molecule has 0 bridgehead atoms. The number of nitrogens with zero attached hydrogens (tertiary/aromatic N) is 1. The highest BCUT2D eigenvalue weighted by Crippen LogP contribution is 2.15. The van der Waals surface area contributed by atoms with Crippen LogP contribution in [0.25, 0.3) is 0 Å². The van der Waals surface area contributed by atoms with Crippen LogP contribution >= 0.6 is 0 Å². The second-order valence-corrected chi connectivity index (χ2v) is 4.05. The summed E-state index contributed by atoms with van der Waals surface area (Å²) in [6, 6.07) is 6.13. The molecule has 16 heavy (non-hydrogen) atoms. The van der Waals surface area contributed by atoms with Crippen molar-refractivity contribution in [3.05, 3.63) is 47.3 Å². The zero-order chi connectivity index (χ0) is 11.5. The van der Waals surface area contributed by atoms with E-state index in [9.17, 15) is 9.18 Å². The lowest BCUT2D eigenvalue weighted by Gasteiger charge is -2.26. The van der Waals surface area contributed by atoms with E-state index in [2.05, 4.69) is 6.08 Å². The molecule has 1 aromatic carbocycles. The van der Waals surface area contributed by atoms with Gasteiger partial charge in [-0.15, -0.1) is 0 Å². The number of halogens is 1. The van der Waals surface area contributed by atoms with Gasteiger partial charge in [-0.05, 0) is 25.5 Å². The van der Waals surface area contributed by atoms with E-state index in [1.165, 1.54) is 12.1 Å². The van der Waals surface area contributed by atoms with Gasteiger partial charge in [0.2, 0.25) is 0 Å². The van der Waals surface area contributed by atoms with Gasteiger partial charge in [-0.2, -0.15) is 0 Å². The Hall–Kier alpha value is -1.64. The fraction of sp³-hybridized carbons (Fsp3) is 0.308. The maximum absolute atomic E-state index is 13.4. The molecule has 1 aliphatic heterocycles. The van der Waals surface area contributed by atoms with Gasteiger partial charge in [0.25, 0.3) is 5.91 Å². The highest BCUT2D eigenvalue weighted by Gasteiger charge is 2.20. The summed E-state index contributed by atoms with van der Waals surface area (Å²) in [5.41, 5.74) is 1.33. The summed E-state index contributed by atoms with van der Waals surface area (Å²) in [7, 11) is 0. The maximum atomic E-state index is 13.4. The number of carbonyl (C=O) groups excluding carboxylic acids is 1. The number of benzene rings is 1. The van der Waals surface area contributed by atoms with Crippen LogP contribution in [0, 0.1) is 5.82 Å². The van der Waals surface area contributed by atoms with Gasteiger partial charge in [-0.25, -0.2) is 4.39 Å². The van der Waals surface area contributed by atoms with Gasteiger partial charge in [-0.3, -0.25) is 4.79 Å². The van der Waals surface area contributed by atoms with Crippen molar-refractivity contribution < 1.29 is 9.18 Å². The third-order valence-electron chi connectivity index (χ3n) is 2.72. The summed E-state index contributed by atoms with van der Waals surface area (Å²) >= 11 is 0. The van der Waals surface area contributed by atoms with Gasteiger partial charge in [-0.1, -0.05) is 23.8 Å². The predicted octanol–water partition coefficient (Wildman–Crippen LogP) is 2.62.